The lowest BCUT2D eigenvalue weighted by atomic mass is 10.0. The van der Waals surface area contributed by atoms with Crippen molar-refractivity contribution in [2.45, 2.75) is 271 Å². The number of hydrogen-bond donors (Lipinski definition) is 0. The van der Waals surface area contributed by atoms with Crippen molar-refractivity contribution in [3.8, 4) is 11.5 Å². The molecule has 0 aliphatic rings. The molecule has 0 aromatic heterocycles. The zero-order valence-electron chi connectivity index (χ0n) is 36.7. The Balaban J connectivity index is 1.92. The molecule has 0 spiro atoms. The van der Waals surface area contributed by atoms with Crippen molar-refractivity contribution in [2.75, 3.05) is 13.2 Å². The maximum absolute atomic E-state index is 11.7. The Kier molecular flexibility index (Phi) is 39.9. The lowest BCUT2D eigenvalue weighted by Gasteiger charge is -2.14. The molecule has 54 heavy (non-hydrogen) atoms. The minimum atomic E-state index is 0.601. The van der Waals surface area contributed by atoms with E-state index < -0.39 is 0 Å². The fraction of sp³-hybridized carbons (Fsp3) is 0.863. The molecule has 0 amide bonds. The summed E-state index contributed by atoms with van der Waals surface area (Å²) in [5.74, 6) is 1.36. The van der Waals surface area contributed by atoms with Crippen LogP contribution in [0.3, 0.4) is 0 Å². The summed E-state index contributed by atoms with van der Waals surface area (Å²) in [5, 5.41) is 0. The maximum atomic E-state index is 11.7. The van der Waals surface area contributed by atoms with Gasteiger partial charge in [0.1, 0.15) is 0 Å². The van der Waals surface area contributed by atoms with E-state index in [1.807, 2.05) is 18.2 Å². The van der Waals surface area contributed by atoms with E-state index in [1.165, 1.54) is 244 Å². The summed E-state index contributed by atoms with van der Waals surface area (Å²) in [6, 6.07) is 5.70. The summed E-state index contributed by atoms with van der Waals surface area (Å²) < 4.78 is 12.3. The van der Waals surface area contributed by atoms with Crippen molar-refractivity contribution < 1.29 is 14.3 Å². The molecule has 0 unspecified atom stereocenters. The molecular weight excluding hydrogens is 661 g/mol. The highest BCUT2D eigenvalue weighted by Gasteiger charge is 2.11. The molecule has 0 aliphatic heterocycles. The zero-order chi connectivity index (χ0) is 38.7. The van der Waals surface area contributed by atoms with E-state index in [2.05, 4.69) is 13.8 Å². The van der Waals surface area contributed by atoms with E-state index in [4.69, 9.17) is 9.47 Å². The molecule has 0 aliphatic carbocycles. The largest absolute Gasteiger partial charge is 0.490 e. The van der Waals surface area contributed by atoms with Gasteiger partial charge in [0.2, 0.25) is 0 Å². The molecule has 1 rings (SSSR count). The second-order valence-electron chi connectivity index (χ2n) is 16.9. The Morgan fingerprint density at radius 1 is 0.352 bits per heavy atom. The molecule has 0 fully saturated rings. The van der Waals surface area contributed by atoms with E-state index in [1.54, 1.807) is 0 Å². The summed E-state index contributed by atoms with van der Waals surface area (Å²) in [4.78, 5) is 11.7. The van der Waals surface area contributed by atoms with Crippen LogP contribution in [0.25, 0.3) is 0 Å². The molecule has 1 aromatic carbocycles. The van der Waals surface area contributed by atoms with E-state index >= 15 is 0 Å². The van der Waals surface area contributed by atoms with Crippen molar-refractivity contribution in [2.24, 2.45) is 0 Å². The zero-order valence-corrected chi connectivity index (χ0v) is 36.7. The van der Waals surface area contributed by atoms with Crippen LogP contribution < -0.4 is 9.47 Å². The van der Waals surface area contributed by atoms with Crippen LogP contribution in [0.1, 0.15) is 281 Å². The Labute approximate surface area is 338 Å². The van der Waals surface area contributed by atoms with Gasteiger partial charge in [-0.05, 0) is 25.0 Å². The van der Waals surface area contributed by atoms with Gasteiger partial charge >= 0.3 is 0 Å². The van der Waals surface area contributed by atoms with Crippen LogP contribution in [-0.2, 0) is 0 Å². The van der Waals surface area contributed by atoms with Crippen LogP contribution in [0, 0.1) is 0 Å². The molecule has 0 saturated carbocycles. The number of carbonyl (C=O) groups excluding carboxylic acids is 1. The van der Waals surface area contributed by atoms with Gasteiger partial charge in [-0.15, -0.1) is 0 Å². The molecule has 0 radical (unpaired) electrons. The van der Waals surface area contributed by atoms with Gasteiger partial charge in [-0.2, -0.15) is 0 Å². The van der Waals surface area contributed by atoms with Gasteiger partial charge in [0.05, 0.1) is 18.8 Å². The number of hydrogen-bond acceptors (Lipinski definition) is 3. The van der Waals surface area contributed by atoms with Crippen molar-refractivity contribution in [3.05, 3.63) is 23.8 Å². The number of rotatable bonds is 45. The molecule has 0 saturated heterocycles. The first-order chi connectivity index (χ1) is 26.8. The predicted molar refractivity (Wildman–Crippen MR) is 239 cm³/mol. The fourth-order valence-electron chi connectivity index (χ4n) is 7.96. The van der Waals surface area contributed by atoms with Crippen LogP contribution in [0.2, 0.25) is 0 Å². The Morgan fingerprint density at radius 2 is 0.611 bits per heavy atom. The van der Waals surface area contributed by atoms with Gasteiger partial charge in [0.25, 0.3) is 0 Å². The molecule has 0 bridgehead atoms. The molecule has 3 nitrogen and oxygen atoms in total. The van der Waals surface area contributed by atoms with Gasteiger partial charge in [-0.3, -0.25) is 4.79 Å². The molecular formula is C51H94O3. The lowest BCUT2D eigenvalue weighted by Crippen LogP contribution is -2.05. The number of benzene rings is 1. The Bertz CT molecular complexity index is 882. The highest BCUT2D eigenvalue weighted by Crippen LogP contribution is 2.31. The minimum Gasteiger partial charge on any atom is -0.490 e. The number of aldehydes is 1. The highest BCUT2D eigenvalue weighted by molar-refractivity contribution is 5.81. The monoisotopic (exact) mass is 755 g/mol. The third-order valence-electron chi connectivity index (χ3n) is 11.6. The molecule has 3 heteroatoms. The van der Waals surface area contributed by atoms with Crippen LogP contribution in [0.15, 0.2) is 18.2 Å². The van der Waals surface area contributed by atoms with Crippen molar-refractivity contribution in [3.63, 3.8) is 0 Å². The summed E-state index contributed by atoms with van der Waals surface area (Å²) >= 11 is 0. The lowest BCUT2D eigenvalue weighted by molar-refractivity contribution is 0.111. The fourth-order valence-corrected chi connectivity index (χ4v) is 7.96. The van der Waals surface area contributed by atoms with E-state index in [-0.39, 0.29) is 0 Å². The van der Waals surface area contributed by atoms with E-state index in [0.29, 0.717) is 24.5 Å². The van der Waals surface area contributed by atoms with Crippen LogP contribution in [0.5, 0.6) is 11.5 Å². The van der Waals surface area contributed by atoms with Gasteiger partial charge < -0.3 is 9.47 Å². The van der Waals surface area contributed by atoms with Crippen LogP contribution in [-0.4, -0.2) is 19.5 Å². The number of para-hydroxylation sites is 1. The third-order valence-corrected chi connectivity index (χ3v) is 11.6. The van der Waals surface area contributed by atoms with Crippen molar-refractivity contribution in [1.29, 1.82) is 0 Å². The summed E-state index contributed by atoms with van der Waals surface area (Å²) in [6.45, 7) is 5.94. The molecule has 0 N–H and O–H groups in total. The first-order valence-electron chi connectivity index (χ1n) is 24.7. The molecule has 0 atom stereocenters. The topological polar surface area (TPSA) is 35.5 Å². The van der Waals surface area contributed by atoms with Gasteiger partial charge in [0.15, 0.2) is 17.8 Å². The quantitative estimate of drug-likeness (QED) is 0.0491. The van der Waals surface area contributed by atoms with E-state index in [9.17, 15) is 4.79 Å². The van der Waals surface area contributed by atoms with Crippen molar-refractivity contribution in [1.82, 2.24) is 0 Å². The maximum Gasteiger partial charge on any atom is 0.171 e. The van der Waals surface area contributed by atoms with E-state index in [0.717, 1.165) is 24.9 Å². The number of carbonyl (C=O) groups is 1. The molecule has 0 heterocycles. The Hall–Kier alpha value is -1.51. The summed E-state index contributed by atoms with van der Waals surface area (Å²) in [6.07, 6.45) is 56.4. The normalized spacial score (nSPS) is 11.4. The SMILES string of the molecule is CCCCCCCCCCCCCCCCCCCCCCOc1cccc(C=O)c1OCCCCCCCCCCCCCCCCCCCCCC. The first kappa shape index (κ1) is 50.5. The third kappa shape index (κ3) is 33.8. The number of ether oxygens (including phenoxy) is 2. The van der Waals surface area contributed by atoms with Crippen LogP contribution in [0.4, 0.5) is 0 Å². The first-order valence-corrected chi connectivity index (χ1v) is 24.7. The highest BCUT2D eigenvalue weighted by atomic mass is 16.5. The summed E-state index contributed by atoms with van der Waals surface area (Å²) in [7, 11) is 0. The second kappa shape index (κ2) is 42.6. The standard InChI is InChI=1S/C51H94O3/c1-3-5-7-9-11-13-15-17-19-21-23-25-27-29-31-33-35-37-39-41-46-53-50-45-43-44-49(48-52)51(50)54-47-42-40-38-36-34-32-30-28-26-24-22-20-18-16-14-12-10-8-6-4-2/h43-45,48H,3-42,46-47H2,1-2H3. The molecule has 1 aromatic rings. The second-order valence-corrected chi connectivity index (χ2v) is 16.9. The van der Waals surface area contributed by atoms with Crippen LogP contribution >= 0.6 is 0 Å². The predicted octanol–water partition coefficient (Wildman–Crippen LogP) is 17.9. The number of unbranched alkanes of at least 4 members (excludes halogenated alkanes) is 38. The smallest absolute Gasteiger partial charge is 0.171 e. The minimum absolute atomic E-state index is 0.601. The van der Waals surface area contributed by atoms with Crippen molar-refractivity contribution >= 4 is 6.29 Å². The molecule has 316 valence electrons. The average Bonchev–Trinajstić information content (AvgIpc) is 3.19. The Morgan fingerprint density at radius 3 is 0.889 bits per heavy atom. The van der Waals surface area contributed by atoms with Gasteiger partial charge in [-0.25, -0.2) is 0 Å². The average molecular weight is 755 g/mol. The summed E-state index contributed by atoms with van der Waals surface area (Å²) in [5.41, 5.74) is 0.601. The van der Waals surface area contributed by atoms with Gasteiger partial charge in [0, 0.05) is 0 Å². The van der Waals surface area contributed by atoms with Gasteiger partial charge in [-0.1, -0.05) is 264 Å².